The third kappa shape index (κ3) is 5.38. The van der Waals surface area contributed by atoms with Gasteiger partial charge in [0.05, 0.1) is 20.1 Å². The highest BCUT2D eigenvalue weighted by molar-refractivity contribution is 6.09. The Balaban J connectivity index is 2.45. The highest BCUT2D eigenvalue weighted by atomic mass is 16.5. The zero-order valence-corrected chi connectivity index (χ0v) is 16.9. The zero-order chi connectivity index (χ0) is 21.6. The van der Waals surface area contributed by atoms with E-state index in [1.54, 1.807) is 48.5 Å². The van der Waals surface area contributed by atoms with Gasteiger partial charge in [0.1, 0.15) is 0 Å². The van der Waals surface area contributed by atoms with Gasteiger partial charge >= 0.3 is 11.9 Å². The minimum Gasteiger partial charge on any atom is -0.468 e. The first-order valence-corrected chi connectivity index (χ1v) is 9.15. The van der Waals surface area contributed by atoms with Crippen molar-refractivity contribution in [2.24, 2.45) is 11.8 Å². The van der Waals surface area contributed by atoms with E-state index >= 15 is 0 Å². The van der Waals surface area contributed by atoms with E-state index in [9.17, 15) is 19.2 Å². The first kappa shape index (κ1) is 22.0. The molecule has 0 aliphatic heterocycles. The summed E-state index contributed by atoms with van der Waals surface area (Å²) in [5.74, 6) is -5.46. The lowest BCUT2D eigenvalue weighted by atomic mass is 9.81. The first-order valence-electron chi connectivity index (χ1n) is 9.15. The van der Waals surface area contributed by atoms with Gasteiger partial charge in [-0.05, 0) is 13.8 Å². The molecular weight excluding hydrogens is 372 g/mol. The molecule has 6 heteroatoms. The van der Waals surface area contributed by atoms with Crippen molar-refractivity contribution >= 4 is 23.5 Å². The third-order valence-electron chi connectivity index (χ3n) is 4.76. The minimum atomic E-state index is -1.53. The average molecular weight is 396 g/mol. The molecule has 0 amide bonds. The van der Waals surface area contributed by atoms with E-state index in [2.05, 4.69) is 0 Å². The first-order chi connectivity index (χ1) is 13.8. The van der Waals surface area contributed by atoms with Crippen molar-refractivity contribution in [1.29, 1.82) is 0 Å². The van der Waals surface area contributed by atoms with Crippen LogP contribution in [0.5, 0.6) is 0 Å². The van der Waals surface area contributed by atoms with Crippen molar-refractivity contribution in [3.05, 3.63) is 70.8 Å². The van der Waals surface area contributed by atoms with Crippen LogP contribution in [0.3, 0.4) is 0 Å². The van der Waals surface area contributed by atoms with Crippen LogP contribution in [0.1, 0.15) is 38.3 Å². The molecule has 0 saturated carbocycles. The predicted molar refractivity (Wildman–Crippen MR) is 107 cm³/mol. The van der Waals surface area contributed by atoms with Crippen molar-refractivity contribution in [2.75, 3.05) is 14.2 Å². The number of hydrogen-bond acceptors (Lipinski definition) is 6. The van der Waals surface area contributed by atoms with E-state index in [1.165, 1.54) is 0 Å². The van der Waals surface area contributed by atoms with Crippen LogP contribution in [0.4, 0.5) is 0 Å². The summed E-state index contributed by atoms with van der Waals surface area (Å²) in [6, 6.07) is 13.6. The standard InChI is InChI=1S/C23H24O6/c1-14-5-9-16(10-6-14)19(24)13-18(20(22(26)28-3)23(27)29-4)21(25)17-11-7-15(2)8-12-17/h5-12,18,20H,13H2,1-4H3. The number of ether oxygens (including phenoxy) is 2. The Kier molecular flexibility index (Phi) is 7.42. The summed E-state index contributed by atoms with van der Waals surface area (Å²) in [5, 5.41) is 0. The Morgan fingerprint density at radius 1 is 0.724 bits per heavy atom. The quantitative estimate of drug-likeness (QED) is 0.386. The molecule has 152 valence electrons. The summed E-state index contributed by atoms with van der Waals surface area (Å²) in [4.78, 5) is 50.7. The summed E-state index contributed by atoms with van der Waals surface area (Å²) >= 11 is 0. The number of esters is 2. The largest absolute Gasteiger partial charge is 0.468 e. The molecule has 2 rings (SSSR count). The molecular formula is C23H24O6. The van der Waals surface area contributed by atoms with E-state index in [4.69, 9.17) is 9.47 Å². The van der Waals surface area contributed by atoms with E-state index in [-0.39, 0.29) is 12.2 Å². The molecule has 0 aliphatic carbocycles. The molecule has 29 heavy (non-hydrogen) atoms. The highest BCUT2D eigenvalue weighted by Crippen LogP contribution is 2.26. The predicted octanol–water partition coefficient (Wildman–Crippen LogP) is 3.34. The van der Waals surface area contributed by atoms with E-state index in [0.717, 1.165) is 25.3 Å². The fourth-order valence-corrected chi connectivity index (χ4v) is 3.03. The number of Topliss-reactive ketones (excluding diaryl/α,β-unsaturated/α-hetero) is 2. The lowest BCUT2D eigenvalue weighted by Gasteiger charge is -2.22. The number of hydrogen-bond donors (Lipinski definition) is 0. The van der Waals surface area contributed by atoms with Gasteiger partial charge in [0.15, 0.2) is 17.5 Å². The maximum absolute atomic E-state index is 13.2. The number of aryl methyl sites for hydroxylation is 2. The van der Waals surface area contributed by atoms with Crippen LogP contribution < -0.4 is 0 Å². The van der Waals surface area contributed by atoms with E-state index < -0.39 is 29.6 Å². The molecule has 0 fully saturated rings. The molecule has 0 heterocycles. The van der Waals surface area contributed by atoms with Gasteiger partial charge in [0, 0.05) is 17.5 Å². The molecule has 0 N–H and O–H groups in total. The van der Waals surface area contributed by atoms with Gasteiger partial charge in [-0.3, -0.25) is 19.2 Å². The zero-order valence-electron chi connectivity index (χ0n) is 16.9. The third-order valence-corrected chi connectivity index (χ3v) is 4.76. The van der Waals surface area contributed by atoms with Crippen molar-refractivity contribution in [2.45, 2.75) is 20.3 Å². The monoisotopic (exact) mass is 396 g/mol. The van der Waals surface area contributed by atoms with E-state index in [1.807, 2.05) is 13.8 Å². The Morgan fingerprint density at radius 2 is 1.14 bits per heavy atom. The van der Waals surface area contributed by atoms with Crippen LogP contribution in [-0.4, -0.2) is 37.7 Å². The highest BCUT2D eigenvalue weighted by Gasteiger charge is 2.42. The molecule has 0 bridgehead atoms. The Bertz CT molecular complexity index is 880. The summed E-state index contributed by atoms with van der Waals surface area (Å²) < 4.78 is 9.44. The molecule has 1 unspecified atom stereocenters. The van der Waals surface area contributed by atoms with Crippen LogP contribution >= 0.6 is 0 Å². The van der Waals surface area contributed by atoms with Crippen LogP contribution in [-0.2, 0) is 19.1 Å². The minimum absolute atomic E-state index is 0.301. The Labute approximate surface area is 169 Å². The summed E-state index contributed by atoms with van der Waals surface area (Å²) in [7, 11) is 2.24. The second-order valence-electron chi connectivity index (χ2n) is 6.85. The van der Waals surface area contributed by atoms with Gasteiger partial charge in [0.2, 0.25) is 0 Å². The van der Waals surface area contributed by atoms with Crippen molar-refractivity contribution in [1.82, 2.24) is 0 Å². The average Bonchev–Trinajstić information content (AvgIpc) is 2.73. The van der Waals surface area contributed by atoms with Crippen molar-refractivity contribution in [3.63, 3.8) is 0 Å². The summed E-state index contributed by atoms with van der Waals surface area (Å²) in [6.07, 6.45) is -0.329. The molecule has 0 spiro atoms. The summed E-state index contributed by atoms with van der Waals surface area (Å²) in [5.41, 5.74) is 2.63. The number of rotatable bonds is 8. The van der Waals surface area contributed by atoms with Crippen LogP contribution in [0, 0.1) is 25.7 Å². The number of ketones is 2. The molecule has 0 saturated heterocycles. The lowest BCUT2D eigenvalue weighted by Crippen LogP contribution is -2.38. The second-order valence-corrected chi connectivity index (χ2v) is 6.85. The number of methoxy groups -OCH3 is 2. The van der Waals surface area contributed by atoms with Crippen LogP contribution in [0.2, 0.25) is 0 Å². The number of benzene rings is 2. The van der Waals surface area contributed by atoms with Gasteiger partial charge in [-0.2, -0.15) is 0 Å². The smallest absolute Gasteiger partial charge is 0.320 e. The molecule has 0 aromatic heterocycles. The Hall–Kier alpha value is -3.28. The fourth-order valence-electron chi connectivity index (χ4n) is 3.03. The second kappa shape index (κ2) is 9.78. The van der Waals surface area contributed by atoms with Crippen molar-refractivity contribution < 1.29 is 28.7 Å². The lowest BCUT2D eigenvalue weighted by molar-refractivity contribution is -0.160. The van der Waals surface area contributed by atoms with Gasteiger partial charge in [-0.1, -0.05) is 59.7 Å². The fraction of sp³-hybridized carbons (Fsp3) is 0.304. The normalized spacial score (nSPS) is 11.6. The maximum Gasteiger partial charge on any atom is 0.320 e. The molecule has 1 atom stereocenters. The molecule has 6 nitrogen and oxygen atoms in total. The molecule has 0 radical (unpaired) electrons. The van der Waals surface area contributed by atoms with Gasteiger partial charge in [-0.15, -0.1) is 0 Å². The summed E-state index contributed by atoms with van der Waals surface area (Å²) in [6.45, 7) is 3.76. The number of carbonyl (C=O) groups excluding carboxylic acids is 4. The van der Waals surface area contributed by atoms with Crippen LogP contribution in [0.25, 0.3) is 0 Å². The number of carbonyl (C=O) groups is 4. The van der Waals surface area contributed by atoms with Gasteiger partial charge in [0.25, 0.3) is 0 Å². The van der Waals surface area contributed by atoms with Gasteiger partial charge in [-0.25, -0.2) is 0 Å². The molecule has 0 aliphatic rings. The van der Waals surface area contributed by atoms with Crippen LogP contribution in [0.15, 0.2) is 48.5 Å². The molecule has 2 aromatic rings. The van der Waals surface area contributed by atoms with Gasteiger partial charge < -0.3 is 9.47 Å². The topological polar surface area (TPSA) is 86.7 Å². The van der Waals surface area contributed by atoms with E-state index in [0.29, 0.717) is 11.1 Å². The van der Waals surface area contributed by atoms with Crippen molar-refractivity contribution in [3.8, 4) is 0 Å². The maximum atomic E-state index is 13.2. The Morgan fingerprint density at radius 3 is 1.55 bits per heavy atom. The SMILES string of the molecule is COC(=O)C(C(=O)OC)C(CC(=O)c1ccc(C)cc1)C(=O)c1ccc(C)cc1. The molecule has 2 aromatic carbocycles.